The molecular weight excluding hydrogens is 114 g/mol. The third-order valence-corrected chi connectivity index (χ3v) is 1.18. The zero-order valence-electron chi connectivity index (χ0n) is 4.87. The van der Waals surface area contributed by atoms with Crippen LogP contribution in [0.3, 0.4) is 0 Å². The fourth-order valence-corrected chi connectivity index (χ4v) is 0.660. The van der Waals surface area contributed by atoms with Gasteiger partial charge >= 0.3 is 0 Å². The Morgan fingerprint density at radius 1 is 1.56 bits per heavy atom. The van der Waals surface area contributed by atoms with Crippen molar-refractivity contribution in [1.82, 2.24) is 0 Å². The molecule has 1 unspecified atom stereocenters. The lowest BCUT2D eigenvalue weighted by atomic mass is 10.1. The molecule has 2 heteroatoms. The number of nitrogens with two attached hydrogens (primary N) is 1. The molecule has 1 atom stereocenters. The summed E-state index contributed by atoms with van der Waals surface area (Å²) in [6, 6.07) is -0.257. The van der Waals surface area contributed by atoms with Crippen LogP contribution in [0.15, 0.2) is 29.9 Å². The van der Waals surface area contributed by atoms with E-state index < -0.39 is 0 Å². The van der Waals surface area contributed by atoms with Crippen molar-refractivity contribution in [2.45, 2.75) is 6.04 Å². The Morgan fingerprint density at radius 3 is 2.78 bits per heavy atom. The van der Waals surface area contributed by atoms with Crippen LogP contribution in [0.5, 0.6) is 0 Å². The summed E-state index contributed by atoms with van der Waals surface area (Å²) in [5.74, 6) is 1.76. The van der Waals surface area contributed by atoms with Gasteiger partial charge in [0.25, 0.3) is 0 Å². The van der Waals surface area contributed by atoms with Crippen molar-refractivity contribution in [2.24, 2.45) is 5.73 Å². The molecule has 1 rings (SSSR count). The molecule has 0 radical (unpaired) electrons. The number of allylic oxidation sites excluding steroid dienone is 2. The van der Waals surface area contributed by atoms with Crippen molar-refractivity contribution >= 4 is 5.94 Å². The Morgan fingerprint density at radius 2 is 2.33 bits per heavy atom. The van der Waals surface area contributed by atoms with Gasteiger partial charge in [0.2, 0.25) is 0 Å². The maximum absolute atomic E-state index is 10.0. The van der Waals surface area contributed by atoms with E-state index >= 15 is 0 Å². The van der Waals surface area contributed by atoms with E-state index in [4.69, 9.17) is 5.73 Å². The van der Waals surface area contributed by atoms with Gasteiger partial charge in [-0.15, -0.1) is 0 Å². The SMILES string of the molecule is NC1C=CC=CC1=C=O. The van der Waals surface area contributed by atoms with E-state index in [0.717, 1.165) is 0 Å². The summed E-state index contributed by atoms with van der Waals surface area (Å²) >= 11 is 0. The van der Waals surface area contributed by atoms with Crippen LogP contribution in [0.2, 0.25) is 0 Å². The lowest BCUT2D eigenvalue weighted by Crippen LogP contribution is -2.20. The van der Waals surface area contributed by atoms with E-state index in [2.05, 4.69) is 0 Å². The molecule has 0 aliphatic heterocycles. The van der Waals surface area contributed by atoms with Crippen LogP contribution in [0.25, 0.3) is 0 Å². The van der Waals surface area contributed by atoms with Gasteiger partial charge in [-0.25, -0.2) is 4.79 Å². The highest BCUT2D eigenvalue weighted by molar-refractivity contribution is 5.61. The minimum absolute atomic E-state index is 0.257. The fourth-order valence-electron chi connectivity index (χ4n) is 0.660. The summed E-state index contributed by atoms with van der Waals surface area (Å²) < 4.78 is 0. The molecular formula is C7H7NO. The molecule has 9 heavy (non-hydrogen) atoms. The van der Waals surface area contributed by atoms with Crippen LogP contribution in [0, 0.1) is 0 Å². The first-order valence-corrected chi connectivity index (χ1v) is 2.70. The highest BCUT2D eigenvalue weighted by atomic mass is 16.1. The van der Waals surface area contributed by atoms with Gasteiger partial charge in [0.1, 0.15) is 5.94 Å². The van der Waals surface area contributed by atoms with Crippen LogP contribution < -0.4 is 5.73 Å². The van der Waals surface area contributed by atoms with Crippen molar-refractivity contribution in [3.8, 4) is 0 Å². The van der Waals surface area contributed by atoms with Crippen molar-refractivity contribution in [3.63, 3.8) is 0 Å². The third kappa shape index (κ3) is 1.17. The Hall–Kier alpha value is -1.11. The van der Waals surface area contributed by atoms with Gasteiger partial charge < -0.3 is 5.73 Å². The van der Waals surface area contributed by atoms with Crippen LogP contribution in [-0.2, 0) is 4.79 Å². The van der Waals surface area contributed by atoms with Crippen LogP contribution >= 0.6 is 0 Å². The first kappa shape index (κ1) is 6.02. The molecule has 0 aromatic rings. The number of carbonyl (C=O) groups excluding carboxylic acids is 1. The molecule has 0 aromatic heterocycles. The van der Waals surface area contributed by atoms with Crippen LogP contribution in [0.4, 0.5) is 0 Å². The first-order valence-electron chi connectivity index (χ1n) is 2.70. The first-order chi connectivity index (χ1) is 4.34. The van der Waals surface area contributed by atoms with Crippen molar-refractivity contribution in [2.75, 3.05) is 0 Å². The zero-order chi connectivity index (χ0) is 6.69. The molecule has 1 aliphatic rings. The topological polar surface area (TPSA) is 43.1 Å². The molecule has 2 nitrogen and oxygen atoms in total. The van der Waals surface area contributed by atoms with Crippen LogP contribution in [0.1, 0.15) is 0 Å². The van der Waals surface area contributed by atoms with Crippen molar-refractivity contribution < 1.29 is 4.79 Å². The monoisotopic (exact) mass is 121 g/mol. The summed E-state index contributed by atoms with van der Waals surface area (Å²) in [6.45, 7) is 0. The van der Waals surface area contributed by atoms with Gasteiger partial charge in [-0.1, -0.05) is 18.2 Å². The van der Waals surface area contributed by atoms with Crippen molar-refractivity contribution in [3.05, 3.63) is 29.9 Å². The van der Waals surface area contributed by atoms with Gasteiger partial charge in [0.15, 0.2) is 0 Å². The normalized spacial score (nSPS) is 24.1. The summed E-state index contributed by atoms with van der Waals surface area (Å²) in [7, 11) is 0. The number of hydrogen-bond acceptors (Lipinski definition) is 2. The summed E-state index contributed by atoms with van der Waals surface area (Å²) in [5.41, 5.74) is 5.96. The van der Waals surface area contributed by atoms with E-state index in [0.29, 0.717) is 5.57 Å². The fraction of sp³-hybridized carbons (Fsp3) is 0.143. The number of rotatable bonds is 0. The van der Waals surface area contributed by atoms with Gasteiger partial charge in [-0.3, -0.25) is 0 Å². The van der Waals surface area contributed by atoms with Gasteiger partial charge in [0, 0.05) is 0 Å². The second kappa shape index (κ2) is 2.44. The Bertz CT molecular complexity index is 209. The summed E-state index contributed by atoms with van der Waals surface area (Å²) in [4.78, 5) is 10.0. The standard InChI is InChI=1S/C7H7NO/c8-7-4-2-1-3-6(7)5-9/h1-4,7H,8H2. The Kier molecular flexibility index (Phi) is 1.63. The molecule has 0 saturated carbocycles. The van der Waals surface area contributed by atoms with E-state index in [1.165, 1.54) is 0 Å². The average molecular weight is 121 g/mol. The minimum Gasteiger partial charge on any atom is -0.320 e. The Balaban J connectivity index is 2.90. The predicted molar refractivity (Wildman–Crippen MR) is 35.5 cm³/mol. The molecule has 1 aliphatic carbocycles. The van der Waals surface area contributed by atoms with Gasteiger partial charge in [-0.2, -0.15) is 0 Å². The molecule has 0 amide bonds. The highest BCUT2D eigenvalue weighted by Gasteiger charge is 2.04. The maximum atomic E-state index is 10.0. The maximum Gasteiger partial charge on any atom is 0.129 e. The Labute approximate surface area is 53.4 Å². The molecule has 46 valence electrons. The second-order valence-corrected chi connectivity index (χ2v) is 1.83. The van der Waals surface area contributed by atoms with E-state index in [1.807, 2.05) is 6.08 Å². The van der Waals surface area contributed by atoms with E-state index in [-0.39, 0.29) is 6.04 Å². The van der Waals surface area contributed by atoms with E-state index in [9.17, 15) is 4.79 Å². The molecule has 0 heterocycles. The molecule has 0 spiro atoms. The minimum atomic E-state index is -0.257. The second-order valence-electron chi connectivity index (χ2n) is 1.83. The van der Waals surface area contributed by atoms with Crippen molar-refractivity contribution in [1.29, 1.82) is 0 Å². The molecule has 0 aromatic carbocycles. The zero-order valence-corrected chi connectivity index (χ0v) is 4.87. The number of hydrogen-bond donors (Lipinski definition) is 1. The third-order valence-electron chi connectivity index (χ3n) is 1.18. The smallest absolute Gasteiger partial charge is 0.129 e. The molecule has 0 bridgehead atoms. The lowest BCUT2D eigenvalue weighted by Gasteiger charge is -2.05. The lowest BCUT2D eigenvalue weighted by molar-refractivity contribution is 0.566. The van der Waals surface area contributed by atoms with E-state index in [1.54, 1.807) is 24.2 Å². The predicted octanol–water partition coefficient (Wildman–Crippen LogP) is 0.198. The van der Waals surface area contributed by atoms with Crippen LogP contribution in [-0.4, -0.2) is 12.0 Å². The average Bonchev–Trinajstić information content (AvgIpc) is 1.89. The quantitative estimate of drug-likeness (QED) is 0.465. The molecule has 0 fully saturated rings. The summed E-state index contributed by atoms with van der Waals surface area (Å²) in [6.07, 6.45) is 6.99. The van der Waals surface area contributed by atoms with Gasteiger partial charge in [0.05, 0.1) is 11.6 Å². The van der Waals surface area contributed by atoms with Gasteiger partial charge in [-0.05, 0) is 6.08 Å². The largest absolute Gasteiger partial charge is 0.320 e. The molecule has 0 saturated heterocycles. The highest BCUT2D eigenvalue weighted by Crippen LogP contribution is 2.04. The molecule has 2 N–H and O–H groups in total. The summed E-state index contributed by atoms with van der Waals surface area (Å²) in [5, 5.41) is 0.